The van der Waals surface area contributed by atoms with E-state index in [1.54, 1.807) is 0 Å². The van der Waals surface area contributed by atoms with E-state index in [1.165, 1.54) is 0 Å². The van der Waals surface area contributed by atoms with Crippen LogP contribution in [0.2, 0.25) is 0 Å². The maximum Gasteiger partial charge on any atom is 0.302 e. The molecule has 0 radical (unpaired) electrons. The molecular formula is C9H7F2NO3S. The van der Waals surface area contributed by atoms with Crippen molar-refractivity contribution in [2.45, 2.75) is 10.7 Å². The predicted molar refractivity (Wildman–Crippen MR) is 51.4 cm³/mol. The van der Waals surface area contributed by atoms with Gasteiger partial charge in [-0.1, -0.05) is 0 Å². The normalized spacial score (nSPS) is 28.0. The second-order valence-corrected chi connectivity index (χ2v) is 5.53. The fraction of sp³-hybridized carbons (Fsp3) is 0.333. The van der Waals surface area contributed by atoms with Crippen LogP contribution in [-0.2, 0) is 14.6 Å². The van der Waals surface area contributed by atoms with E-state index in [4.69, 9.17) is 5.26 Å². The zero-order valence-electron chi connectivity index (χ0n) is 8.15. The van der Waals surface area contributed by atoms with E-state index >= 15 is 0 Å². The van der Waals surface area contributed by atoms with Crippen molar-refractivity contribution in [2.24, 2.45) is 0 Å². The molecule has 0 amide bonds. The van der Waals surface area contributed by atoms with Crippen molar-refractivity contribution < 1.29 is 22.0 Å². The number of halogens is 2. The molecular weight excluding hydrogens is 240 g/mol. The van der Waals surface area contributed by atoms with Crippen LogP contribution < -0.4 is 0 Å². The van der Waals surface area contributed by atoms with Crippen LogP contribution in [-0.4, -0.2) is 31.6 Å². The van der Waals surface area contributed by atoms with Crippen LogP contribution >= 0.6 is 0 Å². The third-order valence-corrected chi connectivity index (χ3v) is 3.89. The van der Waals surface area contributed by atoms with Crippen LogP contribution in [0.4, 0.5) is 8.78 Å². The minimum absolute atomic E-state index is 0.211. The molecule has 1 unspecified atom stereocenters. The molecule has 1 aliphatic rings. The maximum atomic E-state index is 13.5. The Hall–Kier alpha value is -1.55. The number of hydrogen-bond donors (Lipinski definition) is 0. The zero-order chi connectivity index (χ0) is 12.6. The lowest BCUT2D eigenvalue weighted by Crippen LogP contribution is -2.51. The van der Waals surface area contributed by atoms with Gasteiger partial charge in [0.2, 0.25) is 4.75 Å². The van der Waals surface area contributed by atoms with Crippen LogP contribution in [0.1, 0.15) is 0 Å². The SMILES string of the molecule is CS(=O)(=O)C1(C#N)C=C(C=O)C=CC1(F)F. The Morgan fingerprint density at radius 1 is 1.50 bits per heavy atom. The van der Waals surface area contributed by atoms with Crippen molar-refractivity contribution in [3.8, 4) is 6.07 Å². The molecule has 86 valence electrons. The molecule has 0 aromatic heterocycles. The summed E-state index contributed by atoms with van der Waals surface area (Å²) in [7, 11) is -4.39. The van der Waals surface area contributed by atoms with Gasteiger partial charge in [-0.25, -0.2) is 8.42 Å². The Morgan fingerprint density at radius 3 is 2.44 bits per heavy atom. The Labute approximate surface area is 90.8 Å². The summed E-state index contributed by atoms with van der Waals surface area (Å²) in [5.74, 6) is -3.86. The van der Waals surface area contributed by atoms with E-state index in [1.807, 2.05) is 0 Å². The largest absolute Gasteiger partial charge is 0.302 e. The van der Waals surface area contributed by atoms with Crippen molar-refractivity contribution in [2.75, 3.05) is 6.26 Å². The van der Waals surface area contributed by atoms with Gasteiger partial charge >= 0.3 is 5.92 Å². The van der Waals surface area contributed by atoms with Crippen molar-refractivity contribution in [1.82, 2.24) is 0 Å². The number of nitriles is 1. The number of sulfone groups is 1. The van der Waals surface area contributed by atoms with Crippen LogP contribution in [0.15, 0.2) is 23.8 Å². The molecule has 1 rings (SSSR count). The number of carbonyl (C=O) groups is 1. The highest BCUT2D eigenvalue weighted by molar-refractivity contribution is 7.92. The van der Waals surface area contributed by atoms with Crippen molar-refractivity contribution >= 4 is 16.1 Å². The van der Waals surface area contributed by atoms with Gasteiger partial charge in [0.05, 0.1) is 6.07 Å². The summed E-state index contributed by atoms with van der Waals surface area (Å²) in [5.41, 5.74) is -0.266. The standard InChI is InChI=1S/C9H7F2NO3S/c1-16(14,15)8(6-12)4-7(5-13)2-3-9(8,10)11/h2-5H,1H3. The predicted octanol–water partition coefficient (Wildman–Crippen LogP) is 0.624. The summed E-state index contributed by atoms with van der Waals surface area (Å²) in [4.78, 5) is 10.4. The van der Waals surface area contributed by atoms with E-state index in [2.05, 4.69) is 0 Å². The number of alkyl halides is 2. The molecule has 4 nitrogen and oxygen atoms in total. The first-order valence-electron chi connectivity index (χ1n) is 4.06. The van der Waals surface area contributed by atoms with Crippen LogP contribution in [0.25, 0.3) is 0 Å². The minimum Gasteiger partial charge on any atom is -0.298 e. The number of hydrogen-bond acceptors (Lipinski definition) is 4. The molecule has 0 fully saturated rings. The fourth-order valence-electron chi connectivity index (χ4n) is 1.32. The molecule has 0 bridgehead atoms. The number of carbonyl (C=O) groups excluding carboxylic acids is 1. The summed E-state index contributed by atoms with van der Waals surface area (Å²) < 4.78 is 46.6. The molecule has 0 saturated heterocycles. The van der Waals surface area contributed by atoms with E-state index in [9.17, 15) is 22.0 Å². The Bertz CT molecular complexity index is 527. The van der Waals surface area contributed by atoms with Gasteiger partial charge in [-0.2, -0.15) is 14.0 Å². The third kappa shape index (κ3) is 1.55. The van der Waals surface area contributed by atoms with E-state index in [-0.39, 0.29) is 17.9 Å². The molecule has 0 N–H and O–H groups in total. The molecule has 7 heteroatoms. The first-order valence-corrected chi connectivity index (χ1v) is 5.95. The summed E-state index contributed by atoms with van der Waals surface area (Å²) in [6, 6.07) is 1.09. The second-order valence-electron chi connectivity index (χ2n) is 3.34. The topological polar surface area (TPSA) is 75.0 Å². The quantitative estimate of drug-likeness (QED) is 0.670. The van der Waals surface area contributed by atoms with Gasteiger partial charge < -0.3 is 0 Å². The Balaban J connectivity index is 3.61. The van der Waals surface area contributed by atoms with E-state index < -0.39 is 20.5 Å². The first-order chi connectivity index (χ1) is 7.20. The summed E-state index contributed by atoms with van der Waals surface area (Å²) in [6.07, 6.45) is 2.26. The number of nitrogens with zero attached hydrogens (tertiary/aromatic N) is 1. The van der Waals surface area contributed by atoms with Crippen LogP contribution in [0, 0.1) is 11.3 Å². The van der Waals surface area contributed by atoms with Crippen LogP contribution in [0.3, 0.4) is 0 Å². The number of allylic oxidation sites excluding steroid dienone is 3. The molecule has 0 saturated carbocycles. The highest BCUT2D eigenvalue weighted by Gasteiger charge is 2.60. The number of aldehydes is 1. The highest BCUT2D eigenvalue weighted by atomic mass is 32.2. The third-order valence-electron chi connectivity index (χ3n) is 2.24. The lowest BCUT2D eigenvalue weighted by Gasteiger charge is -2.30. The Kier molecular flexibility index (Phi) is 2.73. The number of rotatable bonds is 2. The second kappa shape index (κ2) is 3.49. The summed E-state index contributed by atoms with van der Waals surface area (Å²) in [5, 5.41) is 8.72. The minimum atomic E-state index is -4.39. The average molecular weight is 247 g/mol. The molecule has 16 heavy (non-hydrogen) atoms. The van der Waals surface area contributed by atoms with Crippen LogP contribution in [0.5, 0.6) is 0 Å². The van der Waals surface area contributed by atoms with E-state index in [0.717, 1.165) is 12.1 Å². The molecule has 0 spiro atoms. The van der Waals surface area contributed by atoms with Gasteiger partial charge in [0.1, 0.15) is 6.29 Å². The van der Waals surface area contributed by atoms with Gasteiger partial charge in [0, 0.05) is 11.8 Å². The zero-order valence-corrected chi connectivity index (χ0v) is 8.96. The monoisotopic (exact) mass is 247 g/mol. The lowest BCUT2D eigenvalue weighted by atomic mass is 9.93. The smallest absolute Gasteiger partial charge is 0.298 e. The summed E-state index contributed by atoms with van der Waals surface area (Å²) in [6.45, 7) is 0. The summed E-state index contributed by atoms with van der Waals surface area (Å²) >= 11 is 0. The molecule has 0 aromatic rings. The highest BCUT2D eigenvalue weighted by Crippen LogP contribution is 2.40. The molecule has 1 aliphatic carbocycles. The fourth-order valence-corrected chi connectivity index (χ4v) is 2.40. The van der Waals surface area contributed by atoms with Crippen molar-refractivity contribution in [3.63, 3.8) is 0 Å². The van der Waals surface area contributed by atoms with Gasteiger partial charge in [0.15, 0.2) is 9.84 Å². The average Bonchev–Trinajstić information content (AvgIpc) is 2.16. The molecule has 0 aliphatic heterocycles. The van der Waals surface area contributed by atoms with E-state index in [0.29, 0.717) is 12.3 Å². The maximum absolute atomic E-state index is 13.5. The van der Waals surface area contributed by atoms with Gasteiger partial charge in [-0.05, 0) is 18.2 Å². The van der Waals surface area contributed by atoms with Gasteiger partial charge in [-0.15, -0.1) is 0 Å². The van der Waals surface area contributed by atoms with Gasteiger partial charge in [-0.3, -0.25) is 4.79 Å². The van der Waals surface area contributed by atoms with Crippen molar-refractivity contribution in [1.29, 1.82) is 5.26 Å². The Morgan fingerprint density at radius 2 is 2.06 bits per heavy atom. The van der Waals surface area contributed by atoms with Crippen molar-refractivity contribution in [3.05, 3.63) is 23.8 Å². The lowest BCUT2D eigenvalue weighted by molar-refractivity contribution is -0.104. The molecule has 1 atom stereocenters. The first kappa shape index (κ1) is 12.5. The van der Waals surface area contributed by atoms with Gasteiger partial charge in [0.25, 0.3) is 0 Å². The molecule has 0 aromatic carbocycles. The molecule has 0 heterocycles.